The van der Waals surface area contributed by atoms with Crippen LogP contribution >= 0.6 is 0 Å². The molecule has 2 aromatic rings. The molecule has 1 aromatic heterocycles. The molecule has 0 spiro atoms. The molecule has 0 aliphatic carbocycles. The van der Waals surface area contributed by atoms with Crippen LogP contribution in [0.5, 0.6) is 0 Å². The molecule has 1 aromatic carbocycles. The summed E-state index contributed by atoms with van der Waals surface area (Å²) in [4.78, 5) is 4.22. The first-order valence-corrected chi connectivity index (χ1v) is 5.85. The quantitative estimate of drug-likeness (QED) is 0.489. The minimum atomic E-state index is 0. The van der Waals surface area contributed by atoms with Crippen LogP contribution in [-0.2, 0) is 20.4 Å². The Bertz CT molecular complexity index is 309. The van der Waals surface area contributed by atoms with E-state index >= 15 is 0 Å². The van der Waals surface area contributed by atoms with E-state index in [-0.39, 0.29) is 35.3 Å². The van der Waals surface area contributed by atoms with Gasteiger partial charge in [-0.05, 0) is 11.8 Å². The third kappa shape index (κ3) is 10.6. The first kappa shape index (κ1) is 26.6. The van der Waals surface area contributed by atoms with Crippen LogP contribution in [0.4, 0.5) is 0 Å². The Labute approximate surface area is 134 Å². The molecule has 2 heteroatoms. The summed E-state index contributed by atoms with van der Waals surface area (Å²) in [6.45, 7) is 8.00. The number of aromatic nitrogens is 1. The number of benzene rings is 1. The Morgan fingerprint density at radius 1 is 0.842 bits per heavy atom. The summed E-state index contributed by atoms with van der Waals surface area (Å²) in [5.74, 6) is 0. The van der Waals surface area contributed by atoms with Crippen molar-refractivity contribution in [3.8, 4) is 11.3 Å². The third-order valence-corrected chi connectivity index (χ3v) is 1.65. The van der Waals surface area contributed by atoms with E-state index in [1.807, 2.05) is 70.2 Å². The van der Waals surface area contributed by atoms with Gasteiger partial charge in [0.2, 0.25) is 0 Å². The van der Waals surface area contributed by atoms with Crippen LogP contribution in [-0.4, -0.2) is 4.98 Å². The van der Waals surface area contributed by atoms with Crippen molar-refractivity contribution in [2.24, 2.45) is 0 Å². The molecule has 0 fully saturated rings. The summed E-state index contributed by atoms with van der Waals surface area (Å²) in [5.41, 5.74) is 2.01. The Morgan fingerprint density at radius 2 is 1.42 bits per heavy atom. The maximum absolute atomic E-state index is 4.22. The summed E-state index contributed by atoms with van der Waals surface area (Å²) >= 11 is 0. The second kappa shape index (κ2) is 19.4. The Hall–Kier alpha value is -0.968. The van der Waals surface area contributed by atoms with Crippen molar-refractivity contribution in [1.29, 1.82) is 0 Å². The van der Waals surface area contributed by atoms with E-state index in [2.05, 4.69) is 11.1 Å². The monoisotopic (exact) mass is 350 g/mol. The molecule has 19 heavy (non-hydrogen) atoms. The Morgan fingerprint density at radius 3 is 1.84 bits per heavy atom. The molecule has 0 N–H and O–H groups in total. The molecule has 0 unspecified atom stereocenters. The molecule has 0 saturated heterocycles. The summed E-state index contributed by atoms with van der Waals surface area (Å²) in [5, 5.41) is 0. The van der Waals surface area contributed by atoms with Crippen molar-refractivity contribution < 1.29 is 20.4 Å². The number of hydrogen-bond donors (Lipinski definition) is 0. The normalized spacial score (nSPS) is 6.74. The van der Waals surface area contributed by atoms with Crippen LogP contribution in [0.1, 0.15) is 27.7 Å². The summed E-state index contributed by atoms with van der Waals surface area (Å²) in [6.07, 6.45) is 1.79. The van der Waals surface area contributed by atoms with Gasteiger partial charge in [-0.1, -0.05) is 39.8 Å². The van der Waals surface area contributed by atoms with Gasteiger partial charge >= 0.3 is 0 Å². The van der Waals surface area contributed by atoms with E-state index in [0.29, 0.717) is 0 Å². The summed E-state index contributed by atoms with van der Waals surface area (Å²) in [6, 6.07) is 16.8. The minimum Gasteiger partial charge on any atom is -0.358 e. The molecule has 0 atom stereocenters. The molecule has 0 saturated carbocycles. The van der Waals surface area contributed by atoms with Gasteiger partial charge in [-0.3, -0.25) is 0 Å². The number of rotatable bonds is 1. The van der Waals surface area contributed by atoms with Gasteiger partial charge < -0.3 is 19.8 Å². The van der Waals surface area contributed by atoms with Crippen molar-refractivity contribution >= 4 is 0 Å². The number of pyridine rings is 1. The van der Waals surface area contributed by atoms with Gasteiger partial charge in [-0.2, -0.15) is 0 Å². The Balaban J connectivity index is -0.000000148. The molecule has 2 rings (SSSR count). The van der Waals surface area contributed by atoms with Crippen LogP contribution in [0, 0.1) is 20.9 Å². The van der Waals surface area contributed by atoms with E-state index in [1.165, 1.54) is 0 Å². The largest absolute Gasteiger partial charge is 0.358 e. The zero-order valence-corrected chi connectivity index (χ0v) is 14.4. The van der Waals surface area contributed by atoms with Gasteiger partial charge in [-0.25, -0.2) is 0 Å². The fourth-order valence-electron chi connectivity index (χ4n) is 1.07. The van der Waals surface area contributed by atoms with Crippen molar-refractivity contribution in [1.82, 2.24) is 4.98 Å². The third-order valence-electron chi connectivity index (χ3n) is 1.65. The van der Waals surface area contributed by atoms with Crippen LogP contribution in [0.3, 0.4) is 0 Å². The predicted molar refractivity (Wildman–Crippen MR) is 84.0 cm³/mol. The molecule has 0 aliphatic heterocycles. The van der Waals surface area contributed by atoms with E-state index in [9.17, 15) is 0 Å². The zero-order chi connectivity index (χ0) is 12.2. The van der Waals surface area contributed by atoms with E-state index in [0.717, 1.165) is 11.3 Å². The molecule has 1 heterocycles. The molecule has 0 bridgehead atoms. The SMILES string of the molecule is CC.CC.[CH3-].[CH3-].[Pd].[c-]1ccccc1-c1ccccn1. The average Bonchev–Trinajstić information content (AvgIpc) is 2.45. The maximum atomic E-state index is 4.22. The van der Waals surface area contributed by atoms with Crippen molar-refractivity contribution in [3.05, 3.63) is 69.6 Å². The first-order chi connectivity index (χ1) is 7.97. The summed E-state index contributed by atoms with van der Waals surface area (Å²) in [7, 11) is 0. The van der Waals surface area contributed by atoms with E-state index in [1.54, 1.807) is 6.20 Å². The Kier molecular flexibility index (Phi) is 27.1. The predicted octanol–water partition coefficient (Wildman–Crippen LogP) is 5.50. The molecular formula is C17H26NPd-3. The van der Waals surface area contributed by atoms with Gasteiger partial charge in [0.25, 0.3) is 0 Å². The molecule has 0 amide bonds. The van der Waals surface area contributed by atoms with Gasteiger partial charge in [0, 0.05) is 26.6 Å². The number of hydrogen-bond acceptors (Lipinski definition) is 1. The molecule has 112 valence electrons. The minimum absolute atomic E-state index is 0. The summed E-state index contributed by atoms with van der Waals surface area (Å²) < 4.78 is 0. The van der Waals surface area contributed by atoms with Gasteiger partial charge in [0.1, 0.15) is 0 Å². The topological polar surface area (TPSA) is 12.9 Å². The van der Waals surface area contributed by atoms with Crippen LogP contribution < -0.4 is 0 Å². The standard InChI is InChI=1S/C11H8N.2C2H6.2CH3.Pd/c1-2-6-10(7-3-1)11-8-4-5-9-12-11;2*1-2;;;/h1-6,8-9H;2*1-2H3;2*1H3;/q-1;;;2*-1;. The first-order valence-electron chi connectivity index (χ1n) is 5.85. The fraction of sp³-hybridized carbons (Fsp3) is 0.235. The van der Waals surface area contributed by atoms with Gasteiger partial charge in [-0.15, -0.1) is 35.9 Å². The average molecular weight is 351 g/mol. The van der Waals surface area contributed by atoms with Crippen LogP contribution in [0.15, 0.2) is 48.7 Å². The van der Waals surface area contributed by atoms with Gasteiger partial charge in [0.15, 0.2) is 0 Å². The van der Waals surface area contributed by atoms with Crippen molar-refractivity contribution in [2.75, 3.05) is 0 Å². The second-order valence-corrected chi connectivity index (χ2v) is 2.49. The fourth-order valence-corrected chi connectivity index (χ4v) is 1.07. The van der Waals surface area contributed by atoms with Crippen LogP contribution in [0.25, 0.3) is 11.3 Å². The molecule has 0 radical (unpaired) electrons. The van der Waals surface area contributed by atoms with Crippen molar-refractivity contribution in [3.63, 3.8) is 0 Å². The molecule has 0 aliphatic rings. The zero-order valence-electron chi connectivity index (χ0n) is 12.9. The molecule has 1 nitrogen and oxygen atoms in total. The van der Waals surface area contributed by atoms with Gasteiger partial charge in [0.05, 0.1) is 0 Å². The smallest absolute Gasteiger partial charge is 0.0160 e. The number of nitrogens with zero attached hydrogens (tertiary/aromatic N) is 1. The van der Waals surface area contributed by atoms with Crippen molar-refractivity contribution in [2.45, 2.75) is 27.7 Å². The maximum Gasteiger partial charge on any atom is 0.0160 e. The van der Waals surface area contributed by atoms with E-state index in [4.69, 9.17) is 0 Å². The van der Waals surface area contributed by atoms with E-state index < -0.39 is 0 Å². The molecular weight excluding hydrogens is 325 g/mol. The second-order valence-electron chi connectivity index (χ2n) is 2.49. The van der Waals surface area contributed by atoms with Crippen LogP contribution in [0.2, 0.25) is 0 Å².